The number of nitrogens with two attached hydrogens (primary N) is 1. The van der Waals surface area contributed by atoms with Gasteiger partial charge in [0.15, 0.2) is 0 Å². The Balaban J connectivity index is 1.80. The van der Waals surface area contributed by atoms with Gasteiger partial charge in [0, 0.05) is 37.2 Å². The van der Waals surface area contributed by atoms with Crippen molar-refractivity contribution in [3.63, 3.8) is 0 Å². The number of pyridine rings is 1. The van der Waals surface area contributed by atoms with Crippen molar-refractivity contribution in [1.29, 1.82) is 0 Å². The van der Waals surface area contributed by atoms with E-state index < -0.39 is 11.4 Å². The molecule has 8 nitrogen and oxygen atoms in total. The minimum atomic E-state index is -0.423. The standard InChI is InChI=1S/C22H22FN5O3/c1-28(9-10-31-2)22(30)14-3-6-17(7-4-14)25-13-20(27-24)18-12-15-11-16(23)5-8-19(15)26-21(18)29/h3-8,11-13H,9-10,24H2,1-2H3,(H,26,29). The molecule has 9 heteroatoms. The third-order valence-corrected chi connectivity index (χ3v) is 4.65. The third-order valence-electron chi connectivity index (χ3n) is 4.65. The monoisotopic (exact) mass is 423 g/mol. The summed E-state index contributed by atoms with van der Waals surface area (Å²) >= 11 is 0. The zero-order valence-corrected chi connectivity index (χ0v) is 17.1. The zero-order valence-electron chi connectivity index (χ0n) is 17.1. The molecular weight excluding hydrogens is 401 g/mol. The van der Waals surface area contributed by atoms with E-state index in [9.17, 15) is 14.0 Å². The average Bonchev–Trinajstić information content (AvgIpc) is 2.78. The van der Waals surface area contributed by atoms with Crippen LogP contribution in [-0.2, 0) is 4.74 Å². The van der Waals surface area contributed by atoms with E-state index in [0.717, 1.165) is 0 Å². The molecule has 0 unspecified atom stereocenters. The molecule has 0 spiro atoms. The second-order valence-corrected chi connectivity index (χ2v) is 6.78. The molecule has 2 aromatic carbocycles. The Bertz CT molecular complexity index is 1200. The molecule has 0 radical (unpaired) electrons. The lowest BCUT2D eigenvalue weighted by Gasteiger charge is -2.16. The summed E-state index contributed by atoms with van der Waals surface area (Å²) in [6.45, 7) is 0.933. The van der Waals surface area contributed by atoms with Gasteiger partial charge in [-0.2, -0.15) is 5.10 Å². The molecule has 0 bridgehead atoms. The van der Waals surface area contributed by atoms with E-state index in [2.05, 4.69) is 15.1 Å². The number of rotatable bonds is 7. The number of fused-ring (bicyclic) bond motifs is 1. The second kappa shape index (κ2) is 9.77. The summed E-state index contributed by atoms with van der Waals surface area (Å²) in [4.78, 5) is 33.3. The van der Waals surface area contributed by atoms with Crippen molar-refractivity contribution >= 4 is 34.4 Å². The summed E-state index contributed by atoms with van der Waals surface area (Å²) in [5, 5.41) is 4.15. The van der Waals surface area contributed by atoms with E-state index in [1.54, 1.807) is 43.3 Å². The smallest absolute Gasteiger partial charge is 0.258 e. The van der Waals surface area contributed by atoms with E-state index in [0.29, 0.717) is 35.3 Å². The van der Waals surface area contributed by atoms with Gasteiger partial charge in [0.2, 0.25) is 0 Å². The first kappa shape index (κ1) is 21.8. The molecule has 160 valence electrons. The number of benzene rings is 2. The number of halogens is 1. The predicted molar refractivity (Wildman–Crippen MR) is 119 cm³/mol. The Kier molecular flexibility index (Phi) is 6.88. The fourth-order valence-corrected chi connectivity index (χ4v) is 2.92. The van der Waals surface area contributed by atoms with Crippen LogP contribution >= 0.6 is 0 Å². The van der Waals surface area contributed by atoms with Crippen molar-refractivity contribution in [1.82, 2.24) is 9.88 Å². The number of aromatic nitrogens is 1. The van der Waals surface area contributed by atoms with Crippen molar-refractivity contribution in [2.45, 2.75) is 0 Å². The number of likely N-dealkylation sites (N-methyl/N-ethyl adjacent to an activating group) is 1. The minimum absolute atomic E-state index is 0.131. The van der Waals surface area contributed by atoms with Gasteiger partial charge in [-0.25, -0.2) is 4.39 Å². The number of carbonyl (C=O) groups is 1. The van der Waals surface area contributed by atoms with Crippen LogP contribution in [0.1, 0.15) is 15.9 Å². The lowest BCUT2D eigenvalue weighted by Crippen LogP contribution is -2.29. The largest absolute Gasteiger partial charge is 0.383 e. The number of aromatic amines is 1. The zero-order chi connectivity index (χ0) is 22.4. The molecule has 31 heavy (non-hydrogen) atoms. The van der Waals surface area contributed by atoms with Crippen molar-refractivity contribution in [3.05, 3.63) is 75.8 Å². The summed E-state index contributed by atoms with van der Waals surface area (Å²) in [6, 6.07) is 12.2. The van der Waals surface area contributed by atoms with Crippen molar-refractivity contribution in [2.24, 2.45) is 15.9 Å². The van der Waals surface area contributed by atoms with Crippen molar-refractivity contribution < 1.29 is 13.9 Å². The van der Waals surface area contributed by atoms with Gasteiger partial charge in [-0.1, -0.05) is 0 Å². The van der Waals surface area contributed by atoms with Gasteiger partial charge in [0.05, 0.1) is 24.1 Å². The van der Waals surface area contributed by atoms with E-state index in [-0.39, 0.29) is 17.2 Å². The Labute approximate surface area is 177 Å². The highest BCUT2D eigenvalue weighted by Gasteiger charge is 2.12. The summed E-state index contributed by atoms with van der Waals surface area (Å²) in [7, 11) is 3.28. The first-order chi connectivity index (χ1) is 14.9. The number of aliphatic imine (C=N–C) groups is 1. The molecule has 1 heterocycles. The highest BCUT2D eigenvalue weighted by Crippen LogP contribution is 2.15. The molecule has 0 aliphatic carbocycles. The van der Waals surface area contributed by atoms with Crippen LogP contribution in [0.3, 0.4) is 0 Å². The van der Waals surface area contributed by atoms with E-state index in [4.69, 9.17) is 10.6 Å². The molecule has 3 N–H and O–H groups in total. The van der Waals surface area contributed by atoms with E-state index >= 15 is 0 Å². The Hall–Kier alpha value is -3.85. The maximum Gasteiger partial charge on any atom is 0.258 e. The van der Waals surface area contributed by atoms with E-state index in [1.807, 2.05) is 0 Å². The molecule has 3 aromatic rings. The van der Waals surface area contributed by atoms with Crippen LogP contribution in [0.5, 0.6) is 0 Å². The molecule has 0 aliphatic heterocycles. The summed E-state index contributed by atoms with van der Waals surface area (Å²) < 4.78 is 18.5. The van der Waals surface area contributed by atoms with Gasteiger partial charge >= 0.3 is 0 Å². The quantitative estimate of drug-likeness (QED) is 0.345. The summed E-state index contributed by atoms with van der Waals surface area (Å²) in [5.74, 6) is 4.90. The number of hydrogen-bond acceptors (Lipinski definition) is 6. The lowest BCUT2D eigenvalue weighted by molar-refractivity contribution is 0.0744. The van der Waals surface area contributed by atoms with Crippen LogP contribution < -0.4 is 11.4 Å². The van der Waals surface area contributed by atoms with Gasteiger partial charge in [0.25, 0.3) is 11.5 Å². The molecule has 1 aromatic heterocycles. The number of H-pyrrole nitrogens is 1. The van der Waals surface area contributed by atoms with Gasteiger partial charge < -0.3 is 20.5 Å². The molecule has 0 saturated heterocycles. The Morgan fingerprint density at radius 3 is 2.65 bits per heavy atom. The number of carbonyl (C=O) groups excluding carboxylic acids is 1. The molecule has 1 amide bonds. The predicted octanol–water partition coefficient (Wildman–Crippen LogP) is 2.45. The average molecular weight is 423 g/mol. The number of amides is 1. The molecule has 3 rings (SSSR count). The maximum absolute atomic E-state index is 13.5. The van der Waals surface area contributed by atoms with Crippen LogP contribution in [0.4, 0.5) is 10.1 Å². The van der Waals surface area contributed by atoms with Gasteiger partial charge in [-0.15, -0.1) is 0 Å². The fourth-order valence-electron chi connectivity index (χ4n) is 2.92. The fraction of sp³-hybridized carbons (Fsp3) is 0.182. The Morgan fingerprint density at radius 1 is 1.23 bits per heavy atom. The van der Waals surface area contributed by atoms with Crippen LogP contribution in [-0.4, -0.2) is 55.0 Å². The molecule has 0 fully saturated rings. The van der Waals surface area contributed by atoms with Crippen LogP contribution in [0, 0.1) is 5.82 Å². The number of nitrogens with zero attached hydrogens (tertiary/aromatic N) is 3. The van der Waals surface area contributed by atoms with Crippen LogP contribution in [0.15, 0.2) is 63.4 Å². The van der Waals surface area contributed by atoms with Crippen LogP contribution in [0.25, 0.3) is 10.9 Å². The molecule has 0 aliphatic rings. The summed E-state index contributed by atoms with van der Waals surface area (Å²) in [5.41, 5.74) is 1.43. The first-order valence-electron chi connectivity index (χ1n) is 9.42. The van der Waals surface area contributed by atoms with Crippen LogP contribution in [0.2, 0.25) is 0 Å². The van der Waals surface area contributed by atoms with Crippen molar-refractivity contribution in [2.75, 3.05) is 27.3 Å². The SMILES string of the molecule is COCCN(C)C(=O)c1ccc(N=CC(=NN)c2cc3cc(F)ccc3[nH]c2=O)cc1. The topological polar surface area (TPSA) is 113 Å². The molecule has 0 atom stereocenters. The lowest BCUT2D eigenvalue weighted by atomic mass is 10.1. The maximum atomic E-state index is 13.5. The van der Waals surface area contributed by atoms with Gasteiger partial charge in [-0.05, 0) is 48.5 Å². The Morgan fingerprint density at radius 2 is 1.97 bits per heavy atom. The third kappa shape index (κ3) is 5.20. The highest BCUT2D eigenvalue weighted by atomic mass is 19.1. The number of nitrogens with one attached hydrogen (secondary N) is 1. The number of methoxy groups -OCH3 is 1. The molecule has 0 saturated carbocycles. The van der Waals surface area contributed by atoms with Gasteiger partial charge in [0.1, 0.15) is 11.5 Å². The highest BCUT2D eigenvalue weighted by molar-refractivity contribution is 6.38. The second-order valence-electron chi connectivity index (χ2n) is 6.78. The van der Waals surface area contributed by atoms with E-state index in [1.165, 1.54) is 30.5 Å². The minimum Gasteiger partial charge on any atom is -0.383 e. The molecular formula is C22H22FN5O3. The number of ether oxygens (including phenoxy) is 1. The normalized spacial score (nSPS) is 11.9. The first-order valence-corrected chi connectivity index (χ1v) is 9.42. The summed E-state index contributed by atoms with van der Waals surface area (Å²) in [6.07, 6.45) is 1.34. The van der Waals surface area contributed by atoms with Crippen molar-refractivity contribution in [3.8, 4) is 0 Å². The number of hydrazone groups is 1. The number of hydrogen-bond donors (Lipinski definition) is 2. The van der Waals surface area contributed by atoms with Gasteiger partial charge in [-0.3, -0.25) is 14.6 Å².